The minimum absolute atomic E-state index is 0.387. The van der Waals surface area contributed by atoms with Gasteiger partial charge in [-0.1, -0.05) is 30.3 Å². The third kappa shape index (κ3) is 4.74. The van der Waals surface area contributed by atoms with E-state index in [2.05, 4.69) is 47.2 Å². The number of rotatable bonds is 5. The molecule has 1 aromatic rings. The molecule has 126 valence electrons. The Morgan fingerprint density at radius 3 is 2.70 bits per heavy atom. The van der Waals surface area contributed by atoms with Crippen molar-refractivity contribution in [3.05, 3.63) is 35.9 Å². The third-order valence-corrected chi connectivity index (χ3v) is 6.27. The van der Waals surface area contributed by atoms with E-state index in [0.717, 1.165) is 32.5 Å². The lowest BCUT2D eigenvalue weighted by Gasteiger charge is -2.26. The van der Waals surface area contributed by atoms with Crippen LogP contribution in [0.25, 0.3) is 0 Å². The molecule has 4 heteroatoms. The van der Waals surface area contributed by atoms with Gasteiger partial charge >= 0.3 is 0 Å². The fourth-order valence-electron chi connectivity index (χ4n) is 3.66. The molecule has 2 saturated heterocycles. The SMILES string of the molecule is CN(Cc1ccccc1)[C@H]1CCN(C(=O)CC2CCSCC2)C1. The number of benzene rings is 1. The first-order chi connectivity index (χ1) is 11.2. The fourth-order valence-corrected chi connectivity index (χ4v) is 4.86. The monoisotopic (exact) mass is 332 g/mol. The zero-order chi connectivity index (χ0) is 16.1. The highest BCUT2D eigenvalue weighted by Crippen LogP contribution is 2.27. The van der Waals surface area contributed by atoms with Crippen LogP contribution in [0.1, 0.15) is 31.2 Å². The Labute approximate surface area is 144 Å². The lowest BCUT2D eigenvalue weighted by atomic mass is 9.98. The van der Waals surface area contributed by atoms with Crippen molar-refractivity contribution >= 4 is 17.7 Å². The molecule has 1 amide bonds. The van der Waals surface area contributed by atoms with E-state index in [-0.39, 0.29) is 0 Å². The minimum atomic E-state index is 0.387. The molecule has 0 unspecified atom stereocenters. The van der Waals surface area contributed by atoms with Gasteiger partial charge < -0.3 is 4.90 Å². The molecular formula is C19H28N2OS. The molecule has 1 aromatic carbocycles. The lowest BCUT2D eigenvalue weighted by molar-refractivity contribution is -0.131. The maximum atomic E-state index is 12.5. The van der Waals surface area contributed by atoms with E-state index in [1.54, 1.807) is 0 Å². The number of carbonyl (C=O) groups excluding carboxylic acids is 1. The van der Waals surface area contributed by atoms with Crippen LogP contribution in [0.5, 0.6) is 0 Å². The van der Waals surface area contributed by atoms with Crippen LogP contribution in [0, 0.1) is 5.92 Å². The Kier molecular flexibility index (Phi) is 6.01. The van der Waals surface area contributed by atoms with Crippen LogP contribution in [-0.4, -0.2) is 53.4 Å². The predicted molar refractivity (Wildman–Crippen MR) is 97.6 cm³/mol. The van der Waals surface area contributed by atoms with Crippen LogP contribution in [0.2, 0.25) is 0 Å². The summed E-state index contributed by atoms with van der Waals surface area (Å²) in [5.74, 6) is 3.49. The Morgan fingerprint density at radius 1 is 1.22 bits per heavy atom. The molecule has 1 atom stereocenters. The topological polar surface area (TPSA) is 23.6 Å². The summed E-state index contributed by atoms with van der Waals surface area (Å²) >= 11 is 2.03. The number of thioether (sulfide) groups is 1. The molecule has 2 aliphatic heterocycles. The summed E-state index contributed by atoms with van der Waals surface area (Å²) in [5.41, 5.74) is 1.35. The zero-order valence-corrected chi connectivity index (χ0v) is 14.9. The summed E-state index contributed by atoms with van der Waals surface area (Å²) in [4.78, 5) is 17.0. The van der Waals surface area contributed by atoms with Gasteiger partial charge in [-0.3, -0.25) is 9.69 Å². The van der Waals surface area contributed by atoms with Crippen molar-refractivity contribution in [1.82, 2.24) is 9.80 Å². The maximum Gasteiger partial charge on any atom is 0.222 e. The Morgan fingerprint density at radius 2 is 1.96 bits per heavy atom. The number of nitrogens with zero attached hydrogens (tertiary/aromatic N) is 2. The van der Waals surface area contributed by atoms with Crippen LogP contribution in [0.3, 0.4) is 0 Å². The molecule has 0 bridgehead atoms. The number of hydrogen-bond donors (Lipinski definition) is 0. The van der Waals surface area contributed by atoms with E-state index in [4.69, 9.17) is 0 Å². The summed E-state index contributed by atoms with van der Waals surface area (Å²) in [6.45, 7) is 2.81. The van der Waals surface area contributed by atoms with Gasteiger partial charge in [-0.25, -0.2) is 0 Å². The van der Waals surface area contributed by atoms with Gasteiger partial charge in [0.1, 0.15) is 0 Å². The van der Waals surface area contributed by atoms with E-state index in [0.29, 0.717) is 17.9 Å². The van der Waals surface area contributed by atoms with E-state index in [1.807, 2.05) is 11.8 Å². The largest absolute Gasteiger partial charge is 0.341 e. The highest BCUT2D eigenvalue weighted by atomic mass is 32.2. The van der Waals surface area contributed by atoms with Gasteiger partial charge in [0, 0.05) is 32.1 Å². The summed E-state index contributed by atoms with van der Waals surface area (Å²) in [6, 6.07) is 11.1. The molecule has 3 nitrogen and oxygen atoms in total. The second-order valence-corrected chi connectivity index (χ2v) is 8.17. The zero-order valence-electron chi connectivity index (χ0n) is 14.1. The second kappa shape index (κ2) is 8.20. The minimum Gasteiger partial charge on any atom is -0.341 e. The molecule has 2 fully saturated rings. The number of likely N-dealkylation sites (N-methyl/N-ethyl adjacent to an activating group) is 1. The fraction of sp³-hybridized carbons (Fsp3) is 0.632. The van der Waals surface area contributed by atoms with Gasteiger partial charge in [0.05, 0.1) is 0 Å². The third-order valence-electron chi connectivity index (χ3n) is 5.22. The van der Waals surface area contributed by atoms with E-state index in [1.165, 1.54) is 29.9 Å². The number of likely N-dealkylation sites (tertiary alicyclic amines) is 1. The Balaban J connectivity index is 1.46. The molecular weight excluding hydrogens is 304 g/mol. The van der Waals surface area contributed by atoms with E-state index < -0.39 is 0 Å². The van der Waals surface area contributed by atoms with Crippen molar-refractivity contribution in [2.75, 3.05) is 31.6 Å². The number of hydrogen-bond acceptors (Lipinski definition) is 3. The molecule has 2 aliphatic rings. The standard InChI is InChI=1S/C19H28N2OS/c1-20(14-17-5-3-2-4-6-17)18-7-10-21(15-18)19(22)13-16-8-11-23-12-9-16/h2-6,16,18H,7-15H2,1H3/t18-/m0/s1. The molecule has 0 saturated carbocycles. The first-order valence-corrected chi connectivity index (χ1v) is 9.97. The van der Waals surface area contributed by atoms with Gasteiger partial charge in [-0.05, 0) is 49.3 Å². The summed E-state index contributed by atoms with van der Waals surface area (Å²) < 4.78 is 0. The molecule has 0 aromatic heterocycles. The van der Waals surface area contributed by atoms with Gasteiger partial charge in [0.2, 0.25) is 5.91 Å². The predicted octanol–water partition coefficient (Wildman–Crippen LogP) is 3.25. The van der Waals surface area contributed by atoms with Crippen LogP contribution in [0.4, 0.5) is 0 Å². The summed E-state index contributed by atoms with van der Waals surface area (Å²) in [5, 5.41) is 0. The van der Waals surface area contributed by atoms with Gasteiger partial charge in [0.15, 0.2) is 0 Å². The Bertz CT molecular complexity index is 501. The molecule has 2 heterocycles. The van der Waals surface area contributed by atoms with Crippen molar-refractivity contribution in [1.29, 1.82) is 0 Å². The molecule has 23 heavy (non-hydrogen) atoms. The van der Waals surface area contributed by atoms with E-state index >= 15 is 0 Å². The quantitative estimate of drug-likeness (QED) is 0.827. The highest BCUT2D eigenvalue weighted by molar-refractivity contribution is 7.99. The summed E-state index contributed by atoms with van der Waals surface area (Å²) in [6.07, 6.45) is 4.33. The van der Waals surface area contributed by atoms with Crippen molar-refractivity contribution in [3.63, 3.8) is 0 Å². The molecule has 0 spiro atoms. The van der Waals surface area contributed by atoms with Crippen molar-refractivity contribution in [3.8, 4) is 0 Å². The summed E-state index contributed by atoms with van der Waals surface area (Å²) in [7, 11) is 2.18. The first-order valence-electron chi connectivity index (χ1n) is 8.82. The van der Waals surface area contributed by atoms with Gasteiger partial charge in [0.25, 0.3) is 0 Å². The lowest BCUT2D eigenvalue weighted by Crippen LogP contribution is -2.36. The number of carbonyl (C=O) groups is 1. The van der Waals surface area contributed by atoms with Gasteiger partial charge in [-0.2, -0.15) is 11.8 Å². The molecule has 0 radical (unpaired) electrons. The van der Waals surface area contributed by atoms with Gasteiger partial charge in [-0.15, -0.1) is 0 Å². The molecule has 0 N–H and O–H groups in total. The highest BCUT2D eigenvalue weighted by Gasteiger charge is 2.30. The maximum absolute atomic E-state index is 12.5. The Hall–Kier alpha value is -1.000. The van der Waals surface area contributed by atoms with Crippen molar-refractivity contribution in [2.24, 2.45) is 5.92 Å². The average molecular weight is 333 g/mol. The smallest absolute Gasteiger partial charge is 0.222 e. The van der Waals surface area contributed by atoms with Crippen LogP contribution < -0.4 is 0 Å². The van der Waals surface area contributed by atoms with E-state index in [9.17, 15) is 4.79 Å². The van der Waals surface area contributed by atoms with Crippen molar-refractivity contribution in [2.45, 2.75) is 38.3 Å². The van der Waals surface area contributed by atoms with Crippen LogP contribution in [0.15, 0.2) is 30.3 Å². The second-order valence-electron chi connectivity index (χ2n) is 6.94. The average Bonchev–Trinajstić information content (AvgIpc) is 3.07. The number of amides is 1. The normalized spacial score (nSPS) is 22.7. The first kappa shape index (κ1) is 16.8. The van der Waals surface area contributed by atoms with Crippen LogP contribution in [-0.2, 0) is 11.3 Å². The van der Waals surface area contributed by atoms with Crippen molar-refractivity contribution < 1.29 is 4.79 Å². The molecule has 3 rings (SSSR count). The molecule has 0 aliphatic carbocycles. The van der Waals surface area contributed by atoms with Crippen LogP contribution >= 0.6 is 11.8 Å².